The van der Waals surface area contributed by atoms with Crippen molar-refractivity contribution in [1.29, 1.82) is 0 Å². The van der Waals surface area contributed by atoms with Gasteiger partial charge in [-0.2, -0.15) is 0 Å². The quantitative estimate of drug-likeness (QED) is 0.593. The fourth-order valence-corrected chi connectivity index (χ4v) is 1.49. The van der Waals surface area contributed by atoms with Crippen LogP contribution in [0.2, 0.25) is 0 Å². The average Bonchev–Trinajstić information content (AvgIpc) is 2.28. The second kappa shape index (κ2) is 7.91. The van der Waals surface area contributed by atoms with Crippen LogP contribution in [-0.4, -0.2) is 25.2 Å². The van der Waals surface area contributed by atoms with Crippen LogP contribution in [-0.2, 0) is 19.1 Å². The van der Waals surface area contributed by atoms with E-state index in [9.17, 15) is 9.59 Å². The third kappa shape index (κ3) is 6.22. The Balaban J connectivity index is 2.37. The first-order chi connectivity index (χ1) is 7.79. The summed E-state index contributed by atoms with van der Waals surface area (Å²) in [6.45, 7) is 0.858. The number of cyclic esters (lactones) is 2. The molecule has 1 aliphatic heterocycles. The molecule has 4 heteroatoms. The van der Waals surface area contributed by atoms with Crippen molar-refractivity contribution in [3.63, 3.8) is 0 Å². The lowest BCUT2D eigenvalue weighted by Crippen LogP contribution is -2.06. The van der Waals surface area contributed by atoms with Gasteiger partial charge in [0.25, 0.3) is 0 Å². The summed E-state index contributed by atoms with van der Waals surface area (Å²) in [6.07, 6.45) is 8.46. The summed E-state index contributed by atoms with van der Waals surface area (Å²) >= 11 is 0. The highest BCUT2D eigenvalue weighted by Crippen LogP contribution is 2.06. The highest BCUT2D eigenvalue weighted by atomic mass is 16.5. The van der Waals surface area contributed by atoms with E-state index in [0.717, 1.165) is 50.7 Å². The van der Waals surface area contributed by atoms with Crippen molar-refractivity contribution in [2.24, 2.45) is 0 Å². The highest BCUT2D eigenvalue weighted by Gasteiger charge is 2.02. The fourth-order valence-electron chi connectivity index (χ4n) is 1.49. The predicted molar refractivity (Wildman–Crippen MR) is 58.8 cm³/mol. The minimum absolute atomic E-state index is 0.429. The smallest absolute Gasteiger partial charge is 0.331 e. The van der Waals surface area contributed by atoms with Crippen LogP contribution in [0.3, 0.4) is 0 Å². The van der Waals surface area contributed by atoms with Gasteiger partial charge in [-0.05, 0) is 12.8 Å². The second-order valence-corrected chi connectivity index (χ2v) is 3.79. The molecule has 0 spiro atoms. The Hall–Kier alpha value is -1.32. The molecule has 0 saturated heterocycles. The molecule has 0 atom stereocenters. The third-order valence-corrected chi connectivity index (χ3v) is 2.38. The molecule has 0 radical (unpaired) electrons. The maximum atomic E-state index is 11.1. The molecule has 0 aromatic heterocycles. The van der Waals surface area contributed by atoms with Crippen molar-refractivity contribution >= 4 is 11.9 Å². The standard InChI is InChI=1S/C12H18O4/c13-11-7-8-12(14)16-10-6-4-2-1-3-5-9-15-11/h7-8H,1-6,9-10H2/b8-7+. The number of esters is 2. The van der Waals surface area contributed by atoms with Crippen molar-refractivity contribution in [3.8, 4) is 0 Å². The zero-order valence-electron chi connectivity index (χ0n) is 9.44. The summed E-state index contributed by atoms with van der Waals surface area (Å²) in [4.78, 5) is 22.2. The van der Waals surface area contributed by atoms with Gasteiger partial charge in [0.2, 0.25) is 0 Å². The Bertz CT molecular complexity index is 232. The molecular weight excluding hydrogens is 208 g/mol. The molecule has 4 nitrogen and oxygen atoms in total. The molecule has 16 heavy (non-hydrogen) atoms. The molecule has 1 aliphatic rings. The summed E-state index contributed by atoms with van der Waals surface area (Å²) < 4.78 is 9.80. The van der Waals surface area contributed by atoms with Crippen molar-refractivity contribution in [1.82, 2.24) is 0 Å². The van der Waals surface area contributed by atoms with E-state index in [2.05, 4.69) is 0 Å². The van der Waals surface area contributed by atoms with Gasteiger partial charge in [0.05, 0.1) is 13.2 Å². The molecule has 0 amide bonds. The van der Waals surface area contributed by atoms with E-state index in [-0.39, 0.29) is 0 Å². The summed E-state index contributed by atoms with van der Waals surface area (Å²) in [5.74, 6) is -0.956. The molecule has 0 aromatic carbocycles. The largest absolute Gasteiger partial charge is 0.463 e. The van der Waals surface area contributed by atoms with Gasteiger partial charge in [-0.3, -0.25) is 0 Å². The Morgan fingerprint density at radius 2 is 1.06 bits per heavy atom. The van der Waals surface area contributed by atoms with Crippen LogP contribution in [0.1, 0.15) is 38.5 Å². The first-order valence-corrected chi connectivity index (χ1v) is 5.80. The zero-order valence-corrected chi connectivity index (χ0v) is 9.44. The van der Waals surface area contributed by atoms with E-state index in [0.29, 0.717) is 13.2 Å². The monoisotopic (exact) mass is 226 g/mol. The zero-order chi connectivity index (χ0) is 11.6. The van der Waals surface area contributed by atoms with Gasteiger partial charge in [0.1, 0.15) is 0 Å². The lowest BCUT2D eigenvalue weighted by atomic mass is 10.1. The van der Waals surface area contributed by atoms with Crippen LogP contribution < -0.4 is 0 Å². The third-order valence-electron chi connectivity index (χ3n) is 2.38. The van der Waals surface area contributed by atoms with Crippen LogP contribution in [0.5, 0.6) is 0 Å². The lowest BCUT2D eigenvalue weighted by Gasteiger charge is -2.05. The van der Waals surface area contributed by atoms with Crippen LogP contribution in [0.25, 0.3) is 0 Å². The Morgan fingerprint density at radius 1 is 0.688 bits per heavy atom. The predicted octanol–water partition coefficient (Wildman–Crippen LogP) is 1.98. The van der Waals surface area contributed by atoms with E-state index in [1.54, 1.807) is 0 Å². The normalized spacial score (nSPS) is 22.8. The second-order valence-electron chi connectivity index (χ2n) is 3.79. The number of hydrogen-bond donors (Lipinski definition) is 0. The Kier molecular flexibility index (Phi) is 6.30. The molecule has 90 valence electrons. The maximum Gasteiger partial charge on any atom is 0.331 e. The van der Waals surface area contributed by atoms with E-state index < -0.39 is 11.9 Å². The Morgan fingerprint density at radius 3 is 1.50 bits per heavy atom. The van der Waals surface area contributed by atoms with Gasteiger partial charge in [-0.15, -0.1) is 0 Å². The number of carbonyl (C=O) groups excluding carboxylic acids is 2. The van der Waals surface area contributed by atoms with Crippen LogP contribution in [0.4, 0.5) is 0 Å². The SMILES string of the molecule is O=C1/C=C/C(=O)OCCCCCCCCO1. The van der Waals surface area contributed by atoms with Gasteiger partial charge in [0.15, 0.2) is 0 Å². The molecular formula is C12H18O4. The van der Waals surface area contributed by atoms with Crippen molar-refractivity contribution in [3.05, 3.63) is 12.2 Å². The summed E-state index contributed by atoms with van der Waals surface area (Å²) in [7, 11) is 0. The summed E-state index contributed by atoms with van der Waals surface area (Å²) in [6, 6.07) is 0. The van der Waals surface area contributed by atoms with Crippen LogP contribution in [0.15, 0.2) is 12.2 Å². The molecule has 0 bridgehead atoms. The van der Waals surface area contributed by atoms with Gasteiger partial charge in [-0.25, -0.2) is 9.59 Å². The van der Waals surface area contributed by atoms with Crippen molar-refractivity contribution in [2.75, 3.05) is 13.2 Å². The maximum absolute atomic E-state index is 11.1. The number of carbonyl (C=O) groups is 2. The molecule has 0 saturated carbocycles. The van der Waals surface area contributed by atoms with Crippen molar-refractivity contribution < 1.29 is 19.1 Å². The van der Waals surface area contributed by atoms with Gasteiger partial charge >= 0.3 is 11.9 Å². The molecule has 0 N–H and O–H groups in total. The summed E-state index contributed by atoms with van der Waals surface area (Å²) in [5, 5.41) is 0. The van der Waals surface area contributed by atoms with E-state index in [4.69, 9.17) is 9.47 Å². The molecule has 0 aromatic rings. The van der Waals surface area contributed by atoms with Gasteiger partial charge in [-0.1, -0.05) is 25.7 Å². The van der Waals surface area contributed by atoms with Crippen molar-refractivity contribution in [2.45, 2.75) is 38.5 Å². The number of hydrogen-bond acceptors (Lipinski definition) is 4. The number of ether oxygens (including phenoxy) is 2. The van der Waals surface area contributed by atoms with Gasteiger partial charge in [0, 0.05) is 12.2 Å². The minimum Gasteiger partial charge on any atom is -0.463 e. The topological polar surface area (TPSA) is 52.6 Å². The minimum atomic E-state index is -0.478. The molecule has 1 heterocycles. The molecule has 0 aliphatic carbocycles. The average molecular weight is 226 g/mol. The molecule has 1 rings (SSSR count). The first-order valence-electron chi connectivity index (χ1n) is 5.80. The highest BCUT2D eigenvalue weighted by molar-refractivity contribution is 5.91. The van der Waals surface area contributed by atoms with Crippen LogP contribution in [0, 0.1) is 0 Å². The van der Waals surface area contributed by atoms with Crippen LogP contribution >= 0.6 is 0 Å². The fraction of sp³-hybridized carbons (Fsp3) is 0.667. The molecule has 0 unspecified atom stereocenters. The van der Waals surface area contributed by atoms with E-state index in [1.807, 2.05) is 0 Å². The van der Waals surface area contributed by atoms with Gasteiger partial charge < -0.3 is 9.47 Å². The Labute approximate surface area is 95.6 Å². The first kappa shape index (κ1) is 12.7. The molecule has 0 fully saturated rings. The van der Waals surface area contributed by atoms with E-state index in [1.165, 1.54) is 0 Å². The summed E-state index contributed by atoms with van der Waals surface area (Å²) in [5.41, 5.74) is 0. The lowest BCUT2D eigenvalue weighted by molar-refractivity contribution is -0.140. The number of rotatable bonds is 0. The van der Waals surface area contributed by atoms with E-state index >= 15 is 0 Å².